The van der Waals surface area contributed by atoms with Crippen LogP contribution in [0.2, 0.25) is 0 Å². The van der Waals surface area contributed by atoms with Gasteiger partial charge in [-0.25, -0.2) is 0 Å². The Hall–Kier alpha value is -0.240. The third-order valence-corrected chi connectivity index (χ3v) is 5.42. The van der Waals surface area contributed by atoms with E-state index in [9.17, 15) is 15.3 Å². The fourth-order valence-corrected chi connectivity index (χ4v) is 3.55. The quantitative estimate of drug-likeness (QED) is 0.453. The maximum atomic E-state index is 9.93. The Morgan fingerprint density at radius 2 is 1.14 bits per heavy atom. The van der Waals surface area contributed by atoms with Crippen LogP contribution in [0, 0.1) is 10.8 Å². The van der Waals surface area contributed by atoms with Gasteiger partial charge >= 0.3 is 0 Å². The van der Waals surface area contributed by atoms with Crippen LogP contribution < -0.4 is 0 Å². The van der Waals surface area contributed by atoms with E-state index in [1.165, 1.54) is 0 Å². The Labute approximate surface area is 125 Å². The van der Waals surface area contributed by atoms with Crippen LogP contribution in [0.15, 0.2) is 0 Å². The molecule has 3 heterocycles. The van der Waals surface area contributed by atoms with E-state index in [1.807, 2.05) is 0 Å². The van der Waals surface area contributed by atoms with Crippen LogP contribution in [-0.4, -0.2) is 73.3 Å². The van der Waals surface area contributed by atoms with E-state index in [1.54, 1.807) is 0 Å². The second kappa shape index (κ2) is 6.10. The van der Waals surface area contributed by atoms with Gasteiger partial charge in [0.1, 0.15) is 0 Å². The summed E-state index contributed by atoms with van der Waals surface area (Å²) in [5, 5.41) is 29.8. The lowest BCUT2D eigenvalue weighted by molar-refractivity contribution is -0.112. The van der Waals surface area contributed by atoms with Crippen LogP contribution in [0.4, 0.5) is 0 Å². The normalized spacial score (nSPS) is 33.6. The Morgan fingerprint density at radius 3 is 1.48 bits per heavy atom. The van der Waals surface area contributed by atoms with E-state index in [0.29, 0.717) is 6.10 Å². The van der Waals surface area contributed by atoms with Crippen molar-refractivity contribution >= 4 is 0 Å². The van der Waals surface area contributed by atoms with E-state index in [-0.39, 0.29) is 37.4 Å². The summed E-state index contributed by atoms with van der Waals surface area (Å²) in [5.41, 5.74) is -1.28. The van der Waals surface area contributed by atoms with E-state index in [4.69, 9.17) is 14.2 Å². The highest BCUT2D eigenvalue weighted by Crippen LogP contribution is 2.53. The molecule has 0 aromatic heterocycles. The minimum atomic E-state index is -0.903. The predicted octanol–water partition coefficient (Wildman–Crippen LogP) is -0.307. The molecule has 3 rings (SSSR count). The van der Waals surface area contributed by atoms with Crippen molar-refractivity contribution in [3.63, 3.8) is 0 Å². The minimum absolute atomic E-state index is 0.174. The van der Waals surface area contributed by atoms with Crippen LogP contribution in [0.5, 0.6) is 0 Å². The van der Waals surface area contributed by atoms with Crippen molar-refractivity contribution in [2.24, 2.45) is 10.8 Å². The summed E-state index contributed by atoms with van der Waals surface area (Å²) in [4.78, 5) is 0. The smallest absolute Gasteiger partial charge is 0.0815 e. The number of ether oxygens (including phenoxy) is 3. The van der Waals surface area contributed by atoms with Gasteiger partial charge in [0, 0.05) is 5.41 Å². The Morgan fingerprint density at radius 1 is 0.714 bits per heavy atom. The molecule has 3 saturated heterocycles. The molecule has 3 aliphatic heterocycles. The van der Waals surface area contributed by atoms with Gasteiger partial charge in [0.2, 0.25) is 0 Å². The van der Waals surface area contributed by atoms with Gasteiger partial charge in [0.25, 0.3) is 0 Å². The number of aliphatic hydroxyl groups excluding tert-OH is 3. The van der Waals surface area contributed by atoms with E-state index in [0.717, 1.165) is 45.5 Å². The monoisotopic (exact) mass is 302 g/mol. The standard InChI is InChI=1S/C15H26O6/c16-8-15(9-17,10-18)14(3-12-6-20-12,4-13-7-21-13)2-1-11-5-19-11/h11-13,16-18H,1-10H2. The van der Waals surface area contributed by atoms with Gasteiger partial charge in [-0.1, -0.05) is 0 Å². The topological polar surface area (TPSA) is 98.3 Å². The third kappa shape index (κ3) is 3.41. The lowest BCUT2D eigenvalue weighted by Crippen LogP contribution is -2.52. The highest BCUT2D eigenvalue weighted by Gasteiger charge is 2.55. The molecule has 0 spiro atoms. The lowest BCUT2D eigenvalue weighted by Gasteiger charge is -2.48. The van der Waals surface area contributed by atoms with Crippen molar-refractivity contribution in [1.82, 2.24) is 0 Å². The number of epoxide rings is 3. The molecule has 6 nitrogen and oxygen atoms in total. The van der Waals surface area contributed by atoms with Crippen molar-refractivity contribution in [3.05, 3.63) is 0 Å². The van der Waals surface area contributed by atoms with Crippen LogP contribution in [0.25, 0.3) is 0 Å². The molecular weight excluding hydrogens is 276 g/mol. The molecule has 0 bridgehead atoms. The SMILES string of the molecule is OCC(CO)(CO)C(CCC1CO1)(CC1CO1)CC1CO1. The van der Waals surface area contributed by atoms with E-state index >= 15 is 0 Å². The second-order valence-corrected chi connectivity index (χ2v) is 6.85. The molecule has 21 heavy (non-hydrogen) atoms. The fourth-order valence-electron chi connectivity index (χ4n) is 3.55. The van der Waals surface area contributed by atoms with Crippen molar-refractivity contribution < 1.29 is 29.5 Å². The maximum Gasteiger partial charge on any atom is 0.0815 e. The van der Waals surface area contributed by atoms with Gasteiger partial charge in [-0.2, -0.15) is 0 Å². The summed E-state index contributed by atoms with van der Waals surface area (Å²) in [5.74, 6) is 0. The summed E-state index contributed by atoms with van der Waals surface area (Å²) in [7, 11) is 0. The average molecular weight is 302 g/mol. The first kappa shape index (κ1) is 15.6. The zero-order valence-electron chi connectivity index (χ0n) is 12.4. The van der Waals surface area contributed by atoms with Gasteiger partial charge in [-0.3, -0.25) is 0 Å². The Bertz CT molecular complexity index is 322. The molecule has 0 aromatic carbocycles. The molecule has 0 aromatic rings. The average Bonchev–Trinajstić information content (AvgIpc) is 3.34. The van der Waals surface area contributed by atoms with Gasteiger partial charge in [-0.05, 0) is 31.1 Å². The summed E-state index contributed by atoms with van der Waals surface area (Å²) in [6.07, 6.45) is 3.84. The first-order valence-corrected chi connectivity index (χ1v) is 7.84. The molecule has 3 atom stereocenters. The molecular formula is C15H26O6. The largest absolute Gasteiger partial charge is 0.396 e. The molecule has 122 valence electrons. The fraction of sp³-hybridized carbons (Fsp3) is 1.00. The van der Waals surface area contributed by atoms with Crippen molar-refractivity contribution in [2.75, 3.05) is 39.6 Å². The summed E-state index contributed by atoms with van der Waals surface area (Å²) >= 11 is 0. The molecule has 3 N–H and O–H groups in total. The third-order valence-electron chi connectivity index (χ3n) is 5.42. The van der Waals surface area contributed by atoms with Crippen LogP contribution >= 0.6 is 0 Å². The molecule has 3 unspecified atom stereocenters. The van der Waals surface area contributed by atoms with E-state index in [2.05, 4.69) is 0 Å². The maximum absolute atomic E-state index is 9.93. The Kier molecular flexibility index (Phi) is 4.55. The molecule has 3 fully saturated rings. The zero-order chi connectivity index (χ0) is 14.9. The first-order valence-electron chi connectivity index (χ1n) is 7.84. The second-order valence-electron chi connectivity index (χ2n) is 6.85. The van der Waals surface area contributed by atoms with E-state index < -0.39 is 5.41 Å². The van der Waals surface area contributed by atoms with Crippen molar-refractivity contribution in [1.29, 1.82) is 0 Å². The number of hydrogen-bond acceptors (Lipinski definition) is 6. The van der Waals surface area contributed by atoms with Crippen LogP contribution in [-0.2, 0) is 14.2 Å². The molecule has 3 aliphatic rings. The highest BCUT2D eigenvalue weighted by molar-refractivity contribution is 5.03. The molecule has 0 radical (unpaired) electrons. The van der Waals surface area contributed by atoms with Gasteiger partial charge in [0.15, 0.2) is 0 Å². The van der Waals surface area contributed by atoms with Crippen molar-refractivity contribution in [3.8, 4) is 0 Å². The number of rotatable bonds is 11. The van der Waals surface area contributed by atoms with Crippen molar-refractivity contribution in [2.45, 2.75) is 44.0 Å². The Balaban J connectivity index is 1.82. The summed E-state index contributed by atoms with van der Waals surface area (Å²) < 4.78 is 16.1. The van der Waals surface area contributed by atoms with Crippen LogP contribution in [0.1, 0.15) is 25.7 Å². The van der Waals surface area contributed by atoms with Gasteiger partial charge in [-0.15, -0.1) is 0 Å². The molecule has 0 amide bonds. The lowest BCUT2D eigenvalue weighted by atomic mass is 9.57. The summed E-state index contributed by atoms with van der Waals surface area (Å²) in [6.45, 7) is 1.55. The number of aliphatic hydroxyl groups is 3. The minimum Gasteiger partial charge on any atom is -0.396 e. The zero-order valence-corrected chi connectivity index (χ0v) is 12.4. The highest BCUT2D eigenvalue weighted by atomic mass is 16.6. The number of hydrogen-bond donors (Lipinski definition) is 3. The molecule has 0 aliphatic carbocycles. The van der Waals surface area contributed by atoms with Gasteiger partial charge in [0.05, 0.1) is 58.0 Å². The van der Waals surface area contributed by atoms with Gasteiger partial charge < -0.3 is 29.5 Å². The molecule has 0 saturated carbocycles. The predicted molar refractivity (Wildman–Crippen MR) is 73.8 cm³/mol. The first-order chi connectivity index (χ1) is 10.2. The summed E-state index contributed by atoms with van der Waals surface area (Å²) in [6, 6.07) is 0. The van der Waals surface area contributed by atoms with Crippen LogP contribution in [0.3, 0.4) is 0 Å². The molecule has 6 heteroatoms.